The molecule has 4 aromatic rings. The second-order valence-corrected chi connectivity index (χ2v) is 10.1. The highest BCUT2D eigenvalue weighted by Crippen LogP contribution is 2.42. The number of benzene rings is 3. The Morgan fingerprint density at radius 3 is 2.46 bits per heavy atom. The van der Waals surface area contributed by atoms with Gasteiger partial charge in [-0.3, -0.25) is 15.0 Å². The van der Waals surface area contributed by atoms with Crippen molar-refractivity contribution >= 4 is 32.7 Å². The van der Waals surface area contributed by atoms with Gasteiger partial charge in [0.15, 0.2) is 0 Å². The lowest BCUT2D eigenvalue weighted by atomic mass is 9.95. The van der Waals surface area contributed by atoms with Gasteiger partial charge in [0.1, 0.15) is 0 Å². The molecule has 8 nitrogen and oxygen atoms in total. The fourth-order valence-electron chi connectivity index (χ4n) is 4.63. The van der Waals surface area contributed by atoms with E-state index in [0.717, 1.165) is 27.7 Å². The topological polar surface area (TPSA) is 111 Å². The van der Waals surface area contributed by atoms with Crippen LogP contribution >= 0.6 is 0 Å². The number of carbonyl (C=O) groups is 2. The van der Waals surface area contributed by atoms with Gasteiger partial charge in [-0.25, -0.2) is 8.42 Å². The summed E-state index contributed by atoms with van der Waals surface area (Å²) in [5, 5.41) is 1.02. The van der Waals surface area contributed by atoms with E-state index in [-0.39, 0.29) is 29.8 Å². The number of aryl methyl sites for hydroxylation is 1. The summed E-state index contributed by atoms with van der Waals surface area (Å²) < 4.78 is 24.7. The molecule has 2 amide bonds. The molecule has 1 unspecified atom stereocenters. The van der Waals surface area contributed by atoms with Crippen LogP contribution in [0.15, 0.2) is 83.8 Å². The van der Waals surface area contributed by atoms with Gasteiger partial charge in [-0.1, -0.05) is 54.6 Å². The Hall–Kier alpha value is -3.95. The predicted molar refractivity (Wildman–Crippen MR) is 132 cm³/mol. The number of hydrogen-bond donors (Lipinski definition) is 3. The number of hydrazine groups is 1. The van der Waals surface area contributed by atoms with E-state index in [1.807, 2.05) is 49.4 Å². The first kappa shape index (κ1) is 22.8. The summed E-state index contributed by atoms with van der Waals surface area (Å²) in [6, 6.07) is 22.8. The number of amides is 2. The summed E-state index contributed by atoms with van der Waals surface area (Å²) in [5.41, 5.74) is 6.66. The van der Waals surface area contributed by atoms with Gasteiger partial charge in [0.25, 0.3) is 15.9 Å². The summed E-state index contributed by atoms with van der Waals surface area (Å²) in [5.74, 6) is -0.699. The van der Waals surface area contributed by atoms with Gasteiger partial charge in [0.05, 0.1) is 10.9 Å². The number of aromatic amines is 1. The highest BCUT2D eigenvalue weighted by molar-refractivity contribution is 7.89. The Labute approximate surface area is 203 Å². The first-order valence-electron chi connectivity index (χ1n) is 11.2. The molecular formula is C26H24N4O4S. The Morgan fingerprint density at radius 1 is 0.971 bits per heavy atom. The third-order valence-electron chi connectivity index (χ3n) is 6.23. The maximum atomic E-state index is 13.3. The van der Waals surface area contributed by atoms with Crippen molar-refractivity contribution in [3.8, 4) is 0 Å². The molecule has 0 aliphatic carbocycles. The Kier molecular flexibility index (Phi) is 5.88. The highest BCUT2D eigenvalue weighted by Gasteiger charge is 2.39. The predicted octanol–water partition coefficient (Wildman–Crippen LogP) is 3.42. The number of aromatic nitrogens is 1. The normalized spacial score (nSPS) is 15.4. The van der Waals surface area contributed by atoms with Gasteiger partial charge in [0.2, 0.25) is 5.91 Å². The van der Waals surface area contributed by atoms with Crippen molar-refractivity contribution in [3.63, 3.8) is 0 Å². The van der Waals surface area contributed by atoms with Crippen LogP contribution in [-0.4, -0.2) is 36.7 Å². The van der Waals surface area contributed by atoms with E-state index >= 15 is 0 Å². The quantitative estimate of drug-likeness (QED) is 0.346. The largest absolute Gasteiger partial charge is 0.358 e. The standard InChI is InChI=1S/C26H24N4O4S/c1-17-24(21-13-7-8-14-22(21)27-17)25-19-11-5-6-12-20(19)26(32)30(25)16-15-23(31)28-29-35(33,34)18-9-3-2-4-10-18/h2-14,25,27,29H,15-16H2,1H3,(H,28,31). The zero-order chi connectivity index (χ0) is 24.6. The monoisotopic (exact) mass is 488 g/mol. The molecule has 1 aliphatic rings. The van der Waals surface area contributed by atoms with Gasteiger partial charge in [0, 0.05) is 40.7 Å². The molecule has 0 bridgehead atoms. The number of carbonyl (C=O) groups excluding carboxylic acids is 2. The summed E-state index contributed by atoms with van der Waals surface area (Å²) in [6.45, 7) is 2.10. The van der Waals surface area contributed by atoms with Crippen LogP contribution in [0.5, 0.6) is 0 Å². The molecule has 0 fully saturated rings. The first-order valence-corrected chi connectivity index (χ1v) is 12.7. The van der Waals surface area contributed by atoms with E-state index in [1.54, 1.807) is 29.2 Å². The van der Waals surface area contributed by atoms with Gasteiger partial charge in [-0.2, -0.15) is 0 Å². The number of rotatable bonds is 7. The van der Waals surface area contributed by atoms with Crippen LogP contribution in [0, 0.1) is 6.92 Å². The molecule has 0 spiro atoms. The molecular weight excluding hydrogens is 464 g/mol. The SMILES string of the molecule is Cc1[nH]c2ccccc2c1C1c2ccccc2C(=O)N1CCC(=O)NNS(=O)(=O)c1ccccc1. The van der Waals surface area contributed by atoms with E-state index in [4.69, 9.17) is 0 Å². The summed E-state index contributed by atoms with van der Waals surface area (Å²) in [7, 11) is -3.89. The molecule has 5 rings (SSSR count). The van der Waals surface area contributed by atoms with Crippen LogP contribution in [0.3, 0.4) is 0 Å². The van der Waals surface area contributed by atoms with Crippen LogP contribution in [0.2, 0.25) is 0 Å². The lowest BCUT2D eigenvalue weighted by molar-refractivity contribution is -0.121. The summed E-state index contributed by atoms with van der Waals surface area (Å²) in [4.78, 5) is 33.1. The molecule has 178 valence electrons. The minimum atomic E-state index is -3.89. The van der Waals surface area contributed by atoms with E-state index in [1.165, 1.54) is 12.1 Å². The van der Waals surface area contributed by atoms with Crippen molar-refractivity contribution in [1.82, 2.24) is 20.1 Å². The van der Waals surface area contributed by atoms with Crippen molar-refractivity contribution in [2.75, 3.05) is 6.54 Å². The highest BCUT2D eigenvalue weighted by atomic mass is 32.2. The summed E-state index contributed by atoms with van der Waals surface area (Å²) >= 11 is 0. The molecule has 9 heteroatoms. The fraction of sp³-hybridized carbons (Fsp3) is 0.154. The smallest absolute Gasteiger partial charge is 0.257 e. The number of nitrogens with one attached hydrogen (secondary N) is 3. The molecule has 35 heavy (non-hydrogen) atoms. The third kappa shape index (κ3) is 4.20. The molecule has 1 aliphatic heterocycles. The second-order valence-electron chi connectivity index (χ2n) is 8.41. The number of H-pyrrole nitrogens is 1. The lowest BCUT2D eigenvalue weighted by Gasteiger charge is -2.26. The van der Waals surface area contributed by atoms with Gasteiger partial charge >= 0.3 is 0 Å². The Bertz CT molecular complexity index is 1530. The molecule has 1 atom stereocenters. The minimum absolute atomic E-state index is 0.0420. The zero-order valence-corrected chi connectivity index (χ0v) is 19.8. The number of hydrogen-bond acceptors (Lipinski definition) is 4. The molecule has 0 radical (unpaired) electrons. The summed E-state index contributed by atoms with van der Waals surface area (Å²) in [6.07, 6.45) is -0.0745. The van der Waals surface area contributed by atoms with Crippen molar-refractivity contribution < 1.29 is 18.0 Å². The van der Waals surface area contributed by atoms with E-state index < -0.39 is 15.9 Å². The van der Waals surface area contributed by atoms with Crippen molar-refractivity contribution in [2.45, 2.75) is 24.3 Å². The van der Waals surface area contributed by atoms with Gasteiger partial charge in [-0.05, 0) is 36.8 Å². The van der Waals surface area contributed by atoms with Gasteiger partial charge < -0.3 is 9.88 Å². The van der Waals surface area contributed by atoms with Crippen molar-refractivity contribution in [2.24, 2.45) is 0 Å². The zero-order valence-electron chi connectivity index (χ0n) is 19.0. The van der Waals surface area contributed by atoms with Crippen molar-refractivity contribution in [1.29, 1.82) is 0 Å². The lowest BCUT2D eigenvalue weighted by Crippen LogP contribution is -2.43. The van der Waals surface area contributed by atoms with Crippen LogP contribution in [0.4, 0.5) is 0 Å². The number of para-hydroxylation sites is 1. The van der Waals surface area contributed by atoms with Crippen LogP contribution in [0.25, 0.3) is 10.9 Å². The van der Waals surface area contributed by atoms with E-state index in [9.17, 15) is 18.0 Å². The average molecular weight is 489 g/mol. The number of fused-ring (bicyclic) bond motifs is 2. The van der Waals surface area contributed by atoms with E-state index in [2.05, 4.69) is 15.2 Å². The average Bonchev–Trinajstić information content (AvgIpc) is 3.34. The minimum Gasteiger partial charge on any atom is -0.358 e. The molecule has 1 aromatic heterocycles. The second kappa shape index (κ2) is 9.01. The van der Waals surface area contributed by atoms with Crippen LogP contribution in [0.1, 0.15) is 39.6 Å². The molecule has 0 saturated carbocycles. The van der Waals surface area contributed by atoms with Crippen molar-refractivity contribution in [3.05, 3.63) is 101 Å². The molecule has 3 N–H and O–H groups in total. The van der Waals surface area contributed by atoms with E-state index in [0.29, 0.717) is 5.56 Å². The maximum absolute atomic E-state index is 13.3. The van der Waals surface area contributed by atoms with Crippen LogP contribution in [-0.2, 0) is 14.8 Å². The Morgan fingerprint density at radius 2 is 1.66 bits per heavy atom. The number of sulfonamides is 1. The molecule has 0 saturated heterocycles. The van der Waals surface area contributed by atoms with Crippen LogP contribution < -0.4 is 10.3 Å². The fourth-order valence-corrected chi connectivity index (χ4v) is 5.51. The third-order valence-corrected chi connectivity index (χ3v) is 7.50. The van der Waals surface area contributed by atoms with Gasteiger partial charge in [-0.15, -0.1) is 4.83 Å². The number of nitrogens with zero attached hydrogens (tertiary/aromatic N) is 1. The molecule has 3 aromatic carbocycles. The molecule has 2 heterocycles. The first-order chi connectivity index (χ1) is 16.9. The Balaban J connectivity index is 1.37. The maximum Gasteiger partial charge on any atom is 0.257 e.